The summed E-state index contributed by atoms with van der Waals surface area (Å²) in [6.07, 6.45) is 0.994. The number of anilines is 1. The van der Waals surface area contributed by atoms with Crippen molar-refractivity contribution < 1.29 is 19.8 Å². The topological polar surface area (TPSA) is 99.5 Å². The van der Waals surface area contributed by atoms with E-state index in [-0.39, 0.29) is 0 Å². The van der Waals surface area contributed by atoms with Crippen LogP contribution in [0.5, 0.6) is 0 Å². The number of aliphatic carboxylic acids is 2. The van der Waals surface area contributed by atoms with Gasteiger partial charge in [-0.25, -0.2) is 9.78 Å². The maximum Gasteiger partial charge on any atom is 0.326 e. The van der Waals surface area contributed by atoms with Gasteiger partial charge in [-0.2, -0.15) is 0 Å². The van der Waals surface area contributed by atoms with Crippen molar-refractivity contribution in [3.8, 4) is 0 Å². The molecule has 0 aliphatic rings. The molecule has 0 fully saturated rings. The number of pyridine rings is 1. The van der Waals surface area contributed by atoms with Crippen molar-refractivity contribution >= 4 is 17.8 Å². The summed E-state index contributed by atoms with van der Waals surface area (Å²) in [5.74, 6) is -2.06. The molecular formula is C9H10N2O4. The molecule has 0 aromatic carbocycles. The monoisotopic (exact) mass is 210 g/mol. The van der Waals surface area contributed by atoms with Gasteiger partial charge >= 0.3 is 11.9 Å². The lowest BCUT2D eigenvalue weighted by atomic mass is 10.2. The molecule has 0 saturated heterocycles. The summed E-state index contributed by atoms with van der Waals surface area (Å²) in [5, 5.41) is 19.7. The molecule has 0 radical (unpaired) electrons. The van der Waals surface area contributed by atoms with Crippen LogP contribution in [0.4, 0.5) is 5.82 Å². The summed E-state index contributed by atoms with van der Waals surface area (Å²) in [6, 6.07) is 3.75. The van der Waals surface area contributed by atoms with Crippen LogP contribution in [0.3, 0.4) is 0 Å². The van der Waals surface area contributed by atoms with Crippen molar-refractivity contribution in [3.63, 3.8) is 0 Å². The van der Waals surface area contributed by atoms with E-state index in [1.54, 1.807) is 18.2 Å². The third kappa shape index (κ3) is 3.63. The fraction of sp³-hybridized carbons (Fsp3) is 0.222. The molecule has 1 heterocycles. The van der Waals surface area contributed by atoms with Gasteiger partial charge in [-0.3, -0.25) is 4.79 Å². The first kappa shape index (κ1) is 11.0. The van der Waals surface area contributed by atoms with Crippen LogP contribution in [-0.2, 0) is 9.59 Å². The zero-order valence-electron chi connectivity index (χ0n) is 7.75. The normalized spacial score (nSPS) is 11.7. The maximum absolute atomic E-state index is 10.7. The van der Waals surface area contributed by atoms with Gasteiger partial charge in [0.25, 0.3) is 0 Å². The molecule has 6 heteroatoms. The zero-order chi connectivity index (χ0) is 11.3. The fourth-order valence-corrected chi connectivity index (χ4v) is 1.00. The second-order valence-electron chi connectivity index (χ2n) is 2.85. The summed E-state index contributed by atoms with van der Waals surface area (Å²) in [4.78, 5) is 24.9. The van der Waals surface area contributed by atoms with E-state index in [0.29, 0.717) is 5.82 Å². The SMILES string of the molecule is O=C(O)C[C@H](Nc1ccccn1)C(=O)O. The van der Waals surface area contributed by atoms with Crippen molar-refractivity contribution in [3.05, 3.63) is 24.4 Å². The van der Waals surface area contributed by atoms with Crippen molar-refractivity contribution in [2.75, 3.05) is 5.32 Å². The van der Waals surface area contributed by atoms with Crippen molar-refractivity contribution in [1.29, 1.82) is 0 Å². The second kappa shape index (κ2) is 4.94. The van der Waals surface area contributed by atoms with E-state index in [2.05, 4.69) is 10.3 Å². The van der Waals surface area contributed by atoms with Crippen LogP contribution in [0.2, 0.25) is 0 Å². The molecule has 3 N–H and O–H groups in total. The number of nitrogens with zero attached hydrogens (tertiary/aromatic N) is 1. The molecule has 0 aliphatic carbocycles. The average molecular weight is 210 g/mol. The van der Waals surface area contributed by atoms with Crippen molar-refractivity contribution in [1.82, 2.24) is 4.98 Å². The number of hydrogen-bond acceptors (Lipinski definition) is 4. The van der Waals surface area contributed by atoms with Crippen LogP contribution >= 0.6 is 0 Å². The highest BCUT2D eigenvalue weighted by atomic mass is 16.4. The highest BCUT2D eigenvalue weighted by Crippen LogP contribution is 2.05. The molecule has 0 aliphatic heterocycles. The van der Waals surface area contributed by atoms with Crippen LogP contribution in [0.1, 0.15) is 6.42 Å². The molecule has 6 nitrogen and oxygen atoms in total. The third-order valence-electron chi connectivity index (χ3n) is 1.66. The van der Waals surface area contributed by atoms with Gasteiger partial charge in [0.2, 0.25) is 0 Å². The van der Waals surface area contributed by atoms with E-state index in [1.807, 2.05) is 0 Å². The first-order valence-corrected chi connectivity index (χ1v) is 4.22. The minimum absolute atomic E-state index is 0.339. The lowest BCUT2D eigenvalue weighted by Gasteiger charge is -2.12. The molecule has 1 atom stereocenters. The number of carboxylic acids is 2. The molecule has 0 saturated carbocycles. The molecule has 0 amide bonds. The number of nitrogens with one attached hydrogen (secondary N) is 1. The third-order valence-corrected chi connectivity index (χ3v) is 1.66. The molecule has 1 rings (SSSR count). The molecular weight excluding hydrogens is 200 g/mol. The molecule has 0 unspecified atom stereocenters. The fourth-order valence-electron chi connectivity index (χ4n) is 1.00. The molecule has 1 aromatic heterocycles. The predicted molar refractivity (Wildman–Crippen MR) is 51.5 cm³/mol. The standard InChI is InChI=1S/C9H10N2O4/c12-8(13)5-6(9(14)15)11-7-3-1-2-4-10-7/h1-4,6H,5H2,(H,10,11)(H,12,13)(H,14,15)/t6-/m0/s1. The van der Waals surface area contributed by atoms with Gasteiger partial charge in [-0.15, -0.1) is 0 Å². The summed E-state index contributed by atoms with van der Waals surface area (Å²) in [5.41, 5.74) is 0. The van der Waals surface area contributed by atoms with E-state index in [1.165, 1.54) is 6.20 Å². The second-order valence-corrected chi connectivity index (χ2v) is 2.85. The summed E-state index contributed by atoms with van der Waals surface area (Å²) in [7, 11) is 0. The van der Waals surface area contributed by atoms with E-state index < -0.39 is 24.4 Å². The van der Waals surface area contributed by atoms with Gasteiger partial charge in [0, 0.05) is 6.20 Å². The Morgan fingerprint density at radius 2 is 2.13 bits per heavy atom. The van der Waals surface area contributed by atoms with E-state index in [0.717, 1.165) is 0 Å². The maximum atomic E-state index is 10.7. The molecule has 0 bridgehead atoms. The first-order chi connectivity index (χ1) is 7.09. The van der Waals surface area contributed by atoms with Gasteiger partial charge in [-0.05, 0) is 12.1 Å². The minimum Gasteiger partial charge on any atom is -0.481 e. The van der Waals surface area contributed by atoms with Crippen molar-refractivity contribution in [2.45, 2.75) is 12.5 Å². The Morgan fingerprint density at radius 3 is 2.60 bits per heavy atom. The Bertz CT molecular complexity index is 352. The number of carboxylic acid groups (broad SMARTS) is 2. The van der Waals surface area contributed by atoms with Gasteiger partial charge in [0.1, 0.15) is 11.9 Å². The Kier molecular flexibility index (Phi) is 3.61. The lowest BCUT2D eigenvalue weighted by molar-refractivity contribution is -0.144. The quantitative estimate of drug-likeness (QED) is 0.651. The lowest BCUT2D eigenvalue weighted by Crippen LogP contribution is -2.32. The first-order valence-electron chi connectivity index (χ1n) is 4.22. The van der Waals surface area contributed by atoms with E-state index >= 15 is 0 Å². The largest absolute Gasteiger partial charge is 0.481 e. The Balaban J connectivity index is 2.67. The molecule has 80 valence electrons. The zero-order valence-corrected chi connectivity index (χ0v) is 7.75. The number of rotatable bonds is 5. The molecule has 15 heavy (non-hydrogen) atoms. The molecule has 1 aromatic rings. The Morgan fingerprint density at radius 1 is 1.40 bits per heavy atom. The van der Waals surface area contributed by atoms with E-state index in [9.17, 15) is 9.59 Å². The average Bonchev–Trinajstić information content (AvgIpc) is 2.17. The number of aromatic nitrogens is 1. The summed E-state index contributed by atoms with van der Waals surface area (Å²) < 4.78 is 0. The van der Waals surface area contributed by atoms with Gasteiger partial charge in [0.05, 0.1) is 6.42 Å². The van der Waals surface area contributed by atoms with Gasteiger partial charge in [-0.1, -0.05) is 6.07 Å². The minimum atomic E-state index is -1.22. The van der Waals surface area contributed by atoms with Crippen LogP contribution in [0, 0.1) is 0 Å². The van der Waals surface area contributed by atoms with Crippen LogP contribution in [0.15, 0.2) is 24.4 Å². The highest BCUT2D eigenvalue weighted by molar-refractivity contribution is 5.83. The summed E-state index contributed by atoms with van der Waals surface area (Å²) in [6.45, 7) is 0. The van der Waals surface area contributed by atoms with E-state index in [4.69, 9.17) is 10.2 Å². The van der Waals surface area contributed by atoms with Crippen LogP contribution in [0.25, 0.3) is 0 Å². The summed E-state index contributed by atoms with van der Waals surface area (Å²) >= 11 is 0. The van der Waals surface area contributed by atoms with Gasteiger partial charge < -0.3 is 15.5 Å². The Labute approximate surface area is 85.6 Å². The number of hydrogen-bond donors (Lipinski definition) is 3. The van der Waals surface area contributed by atoms with Gasteiger partial charge in [0.15, 0.2) is 0 Å². The van der Waals surface area contributed by atoms with Crippen LogP contribution < -0.4 is 5.32 Å². The number of carbonyl (C=O) groups is 2. The Hall–Kier alpha value is -2.11. The van der Waals surface area contributed by atoms with Crippen molar-refractivity contribution in [2.24, 2.45) is 0 Å². The predicted octanol–water partition coefficient (Wildman–Crippen LogP) is 0.421. The highest BCUT2D eigenvalue weighted by Gasteiger charge is 2.20. The molecule has 0 spiro atoms. The van der Waals surface area contributed by atoms with Crippen LogP contribution in [-0.4, -0.2) is 33.2 Å². The smallest absolute Gasteiger partial charge is 0.326 e.